The molecule has 1 amide bonds. The molecule has 1 fully saturated rings. The maximum absolute atomic E-state index is 13.3. The predicted octanol–water partition coefficient (Wildman–Crippen LogP) is 4.51. The summed E-state index contributed by atoms with van der Waals surface area (Å²) in [6.07, 6.45) is 2.70. The molecule has 168 valence electrons. The molecular weight excluding hydrogens is 417 g/mol. The second-order valence-electron chi connectivity index (χ2n) is 8.41. The molecule has 2 aromatic heterocycles. The van der Waals surface area contributed by atoms with Crippen molar-refractivity contribution < 1.29 is 9.18 Å². The van der Waals surface area contributed by atoms with Gasteiger partial charge in [0.1, 0.15) is 5.82 Å². The van der Waals surface area contributed by atoms with Gasteiger partial charge in [0.25, 0.3) is 5.91 Å². The second-order valence-corrected chi connectivity index (χ2v) is 8.41. The number of hydrogen-bond acceptors (Lipinski definition) is 4. The molecule has 1 aliphatic heterocycles. The van der Waals surface area contributed by atoms with E-state index in [1.165, 1.54) is 12.1 Å². The zero-order valence-electron chi connectivity index (χ0n) is 18.5. The van der Waals surface area contributed by atoms with Crippen molar-refractivity contribution in [2.24, 2.45) is 5.92 Å². The molecule has 1 unspecified atom stereocenters. The van der Waals surface area contributed by atoms with Gasteiger partial charge in [-0.05, 0) is 49.6 Å². The van der Waals surface area contributed by atoms with E-state index >= 15 is 0 Å². The van der Waals surface area contributed by atoms with E-state index in [4.69, 9.17) is 4.98 Å². The number of anilines is 1. The maximum Gasteiger partial charge on any atom is 0.252 e. The zero-order valence-corrected chi connectivity index (χ0v) is 18.5. The van der Waals surface area contributed by atoms with E-state index in [9.17, 15) is 9.18 Å². The number of aromatic nitrogens is 3. The van der Waals surface area contributed by atoms with Gasteiger partial charge in [-0.25, -0.2) is 14.1 Å². The molecule has 0 aliphatic carbocycles. The molecule has 1 N–H and O–H groups in total. The van der Waals surface area contributed by atoms with Crippen LogP contribution in [0.2, 0.25) is 0 Å². The molecule has 2 aromatic carbocycles. The normalized spacial score (nSPS) is 15.8. The number of nitrogens with zero attached hydrogens (tertiary/aromatic N) is 4. The third kappa shape index (κ3) is 4.31. The lowest BCUT2D eigenvalue weighted by Gasteiger charge is -2.19. The first-order valence-electron chi connectivity index (χ1n) is 11.3. The highest BCUT2D eigenvalue weighted by Gasteiger charge is 2.24. The van der Waals surface area contributed by atoms with Gasteiger partial charge in [0.2, 0.25) is 0 Å². The number of amides is 1. The van der Waals surface area contributed by atoms with Gasteiger partial charge in [-0.2, -0.15) is 5.10 Å². The van der Waals surface area contributed by atoms with Crippen molar-refractivity contribution in [1.82, 2.24) is 20.1 Å². The number of nitrogens with one attached hydrogen (secondary N) is 1. The van der Waals surface area contributed by atoms with E-state index in [0.29, 0.717) is 30.2 Å². The van der Waals surface area contributed by atoms with E-state index in [1.54, 1.807) is 18.3 Å². The standard InChI is InChI=1S/C26H26FN5O/c1-2-32-25-23(16-29-32)22(14-24(30-25)19-6-4-3-5-7-19)26(33)28-15-18-12-13-31(17-18)21-10-8-20(27)9-11-21/h3-11,14,16,18H,2,12-13,15,17H2,1H3,(H,28,33). The summed E-state index contributed by atoms with van der Waals surface area (Å²) >= 11 is 0. The van der Waals surface area contributed by atoms with Crippen molar-refractivity contribution in [3.8, 4) is 11.3 Å². The fourth-order valence-corrected chi connectivity index (χ4v) is 4.44. The molecule has 33 heavy (non-hydrogen) atoms. The molecule has 4 aromatic rings. The fraction of sp³-hybridized carbons (Fsp3) is 0.269. The molecule has 3 heterocycles. The highest BCUT2D eigenvalue weighted by atomic mass is 19.1. The van der Waals surface area contributed by atoms with Crippen LogP contribution in [0.1, 0.15) is 23.7 Å². The van der Waals surface area contributed by atoms with Gasteiger partial charge in [-0.3, -0.25) is 4.79 Å². The predicted molar refractivity (Wildman–Crippen MR) is 128 cm³/mol. The molecule has 0 bridgehead atoms. The molecule has 0 radical (unpaired) electrons. The summed E-state index contributed by atoms with van der Waals surface area (Å²) in [5, 5.41) is 8.31. The minimum Gasteiger partial charge on any atom is -0.371 e. The van der Waals surface area contributed by atoms with Crippen LogP contribution in [0.15, 0.2) is 66.9 Å². The lowest BCUT2D eigenvalue weighted by atomic mass is 10.1. The molecule has 1 atom stereocenters. The summed E-state index contributed by atoms with van der Waals surface area (Å²) in [5.74, 6) is -0.00884. The van der Waals surface area contributed by atoms with Crippen LogP contribution in [0.5, 0.6) is 0 Å². The Balaban J connectivity index is 1.34. The Morgan fingerprint density at radius 3 is 2.70 bits per heavy atom. The minimum atomic E-state index is -0.230. The second kappa shape index (κ2) is 9.02. The molecule has 5 rings (SSSR count). The number of pyridine rings is 1. The Labute approximate surface area is 192 Å². The Bertz CT molecular complexity index is 1270. The number of benzene rings is 2. The summed E-state index contributed by atoms with van der Waals surface area (Å²) in [6, 6.07) is 18.3. The van der Waals surface area contributed by atoms with Crippen LogP contribution < -0.4 is 10.2 Å². The van der Waals surface area contributed by atoms with Crippen LogP contribution in [-0.2, 0) is 6.54 Å². The van der Waals surface area contributed by atoms with Crippen LogP contribution >= 0.6 is 0 Å². The van der Waals surface area contributed by atoms with Crippen molar-refractivity contribution in [2.75, 3.05) is 24.5 Å². The average Bonchev–Trinajstić information content (AvgIpc) is 3.50. The lowest BCUT2D eigenvalue weighted by molar-refractivity contribution is 0.0950. The largest absolute Gasteiger partial charge is 0.371 e. The zero-order chi connectivity index (χ0) is 22.8. The highest BCUT2D eigenvalue weighted by molar-refractivity contribution is 6.06. The van der Waals surface area contributed by atoms with Crippen LogP contribution in [0.3, 0.4) is 0 Å². The summed E-state index contributed by atoms with van der Waals surface area (Å²) in [7, 11) is 0. The first-order chi connectivity index (χ1) is 16.1. The lowest BCUT2D eigenvalue weighted by Crippen LogP contribution is -2.31. The molecular formula is C26H26FN5O. The number of rotatable bonds is 6. The SMILES string of the molecule is CCn1ncc2c(C(=O)NCC3CCN(c4ccc(F)cc4)C3)cc(-c3ccccc3)nc21. The van der Waals surface area contributed by atoms with Crippen LogP contribution in [-0.4, -0.2) is 40.3 Å². The third-order valence-electron chi connectivity index (χ3n) is 6.25. The molecule has 0 saturated carbocycles. The molecule has 1 saturated heterocycles. The van der Waals surface area contributed by atoms with Gasteiger partial charge >= 0.3 is 0 Å². The Kier molecular flexibility index (Phi) is 5.77. The van der Waals surface area contributed by atoms with E-state index in [-0.39, 0.29) is 11.7 Å². The molecule has 7 heteroatoms. The highest BCUT2D eigenvalue weighted by Crippen LogP contribution is 2.26. The van der Waals surface area contributed by atoms with Crippen LogP contribution in [0.25, 0.3) is 22.3 Å². The van der Waals surface area contributed by atoms with Crippen LogP contribution in [0.4, 0.5) is 10.1 Å². The van der Waals surface area contributed by atoms with E-state index in [0.717, 1.165) is 41.8 Å². The van der Waals surface area contributed by atoms with Gasteiger partial charge in [-0.15, -0.1) is 0 Å². The first-order valence-corrected chi connectivity index (χ1v) is 11.3. The molecule has 6 nitrogen and oxygen atoms in total. The third-order valence-corrected chi connectivity index (χ3v) is 6.25. The van der Waals surface area contributed by atoms with Crippen LogP contribution in [0, 0.1) is 11.7 Å². The van der Waals surface area contributed by atoms with Gasteiger partial charge in [0, 0.05) is 37.4 Å². The van der Waals surface area contributed by atoms with E-state index in [2.05, 4.69) is 15.3 Å². The number of halogens is 1. The van der Waals surface area contributed by atoms with Gasteiger partial charge in [0.15, 0.2) is 5.65 Å². The van der Waals surface area contributed by atoms with Crippen molar-refractivity contribution in [3.05, 3.63) is 78.2 Å². The number of carbonyl (C=O) groups excluding carboxylic acids is 1. The minimum absolute atomic E-state index is 0.115. The average molecular weight is 444 g/mol. The van der Waals surface area contributed by atoms with Gasteiger partial charge < -0.3 is 10.2 Å². The Hall–Kier alpha value is -3.74. The number of carbonyl (C=O) groups is 1. The maximum atomic E-state index is 13.3. The topological polar surface area (TPSA) is 63.1 Å². The van der Waals surface area contributed by atoms with E-state index in [1.807, 2.05) is 48.0 Å². The smallest absolute Gasteiger partial charge is 0.252 e. The number of fused-ring (bicyclic) bond motifs is 1. The van der Waals surface area contributed by atoms with Crippen molar-refractivity contribution in [3.63, 3.8) is 0 Å². The van der Waals surface area contributed by atoms with Gasteiger partial charge in [0.05, 0.1) is 22.8 Å². The summed E-state index contributed by atoms with van der Waals surface area (Å²) in [6.45, 7) is 5.00. The van der Waals surface area contributed by atoms with Gasteiger partial charge in [-0.1, -0.05) is 30.3 Å². The monoisotopic (exact) mass is 443 g/mol. The number of aryl methyl sites for hydroxylation is 1. The van der Waals surface area contributed by atoms with Crippen molar-refractivity contribution in [2.45, 2.75) is 19.9 Å². The molecule has 1 aliphatic rings. The fourth-order valence-electron chi connectivity index (χ4n) is 4.44. The Morgan fingerprint density at radius 2 is 1.94 bits per heavy atom. The summed E-state index contributed by atoms with van der Waals surface area (Å²) in [5.41, 5.74) is 4.04. The Morgan fingerprint density at radius 1 is 1.15 bits per heavy atom. The molecule has 0 spiro atoms. The first kappa shape index (κ1) is 21.1. The summed E-state index contributed by atoms with van der Waals surface area (Å²) in [4.78, 5) is 20.3. The quantitative estimate of drug-likeness (QED) is 0.476. The van der Waals surface area contributed by atoms with Crippen molar-refractivity contribution >= 4 is 22.6 Å². The van der Waals surface area contributed by atoms with Crippen molar-refractivity contribution in [1.29, 1.82) is 0 Å². The summed E-state index contributed by atoms with van der Waals surface area (Å²) < 4.78 is 15.0. The number of hydrogen-bond donors (Lipinski definition) is 1. The van der Waals surface area contributed by atoms with E-state index < -0.39 is 0 Å².